The summed E-state index contributed by atoms with van der Waals surface area (Å²) in [5, 5.41) is 9.67. The number of oxazole rings is 1. The molecule has 0 spiro atoms. The van der Waals surface area contributed by atoms with Crippen molar-refractivity contribution < 1.29 is 18.8 Å². The van der Waals surface area contributed by atoms with Crippen LogP contribution in [0.15, 0.2) is 70.0 Å². The van der Waals surface area contributed by atoms with Crippen LogP contribution in [0, 0.1) is 0 Å². The molecule has 186 valence electrons. The van der Waals surface area contributed by atoms with Crippen LogP contribution in [-0.2, 0) is 20.1 Å². The molecule has 0 bridgehead atoms. The highest BCUT2D eigenvalue weighted by molar-refractivity contribution is 5.98. The minimum Gasteiger partial charge on any atom is -0.408 e. The molecular formula is C25H21N7O5. The van der Waals surface area contributed by atoms with Gasteiger partial charge in [0.1, 0.15) is 11.4 Å². The van der Waals surface area contributed by atoms with E-state index < -0.39 is 23.5 Å². The molecule has 0 fully saturated rings. The van der Waals surface area contributed by atoms with Crippen LogP contribution in [0.2, 0.25) is 0 Å². The predicted molar refractivity (Wildman–Crippen MR) is 132 cm³/mol. The molecule has 0 atom stereocenters. The number of aromatic nitrogens is 4. The number of benzene rings is 2. The number of carbonyl (C=O) groups is 3. The predicted octanol–water partition coefficient (Wildman–Crippen LogP) is 1.13. The molecule has 3 amide bonds. The van der Waals surface area contributed by atoms with Crippen molar-refractivity contribution >= 4 is 34.5 Å². The first-order valence-electron chi connectivity index (χ1n) is 11.2. The Labute approximate surface area is 208 Å². The van der Waals surface area contributed by atoms with Crippen LogP contribution in [0.1, 0.15) is 42.5 Å². The molecule has 12 heteroatoms. The average Bonchev–Trinajstić information content (AvgIpc) is 3.49. The Morgan fingerprint density at radius 3 is 2.51 bits per heavy atom. The summed E-state index contributed by atoms with van der Waals surface area (Å²) in [7, 11) is 1.60. The molecule has 0 aliphatic rings. The van der Waals surface area contributed by atoms with Crippen molar-refractivity contribution in [3.63, 3.8) is 0 Å². The summed E-state index contributed by atoms with van der Waals surface area (Å²) in [4.78, 5) is 53.3. The summed E-state index contributed by atoms with van der Waals surface area (Å²) in [6.07, 6.45) is 1.47. The molecule has 0 radical (unpaired) electrons. The third-order valence-corrected chi connectivity index (χ3v) is 5.80. The molecule has 37 heavy (non-hydrogen) atoms. The van der Waals surface area contributed by atoms with Crippen molar-refractivity contribution in [2.75, 3.05) is 0 Å². The molecule has 3 aromatic heterocycles. The van der Waals surface area contributed by atoms with Crippen LogP contribution in [0.5, 0.6) is 0 Å². The second kappa shape index (κ2) is 9.41. The maximum Gasteiger partial charge on any atom is 0.419 e. The van der Waals surface area contributed by atoms with Crippen molar-refractivity contribution in [2.45, 2.75) is 13.1 Å². The largest absolute Gasteiger partial charge is 0.419 e. The normalized spacial score (nSPS) is 11.1. The van der Waals surface area contributed by atoms with E-state index in [1.807, 2.05) is 0 Å². The molecule has 0 aliphatic carbocycles. The van der Waals surface area contributed by atoms with Crippen LogP contribution >= 0.6 is 0 Å². The molecule has 5 rings (SSSR count). The molecule has 12 nitrogen and oxygen atoms in total. The minimum absolute atomic E-state index is 0.0330. The molecule has 0 saturated heterocycles. The lowest BCUT2D eigenvalue weighted by atomic mass is 10.1. The van der Waals surface area contributed by atoms with Crippen molar-refractivity contribution in [1.82, 2.24) is 29.8 Å². The molecule has 3 heterocycles. The highest BCUT2D eigenvalue weighted by Crippen LogP contribution is 2.15. The molecule has 0 unspecified atom stereocenters. The molecule has 0 saturated carbocycles. The lowest BCUT2D eigenvalue weighted by molar-refractivity contribution is 0.0941. The van der Waals surface area contributed by atoms with E-state index in [-0.39, 0.29) is 24.5 Å². The van der Waals surface area contributed by atoms with Crippen LogP contribution in [0.3, 0.4) is 0 Å². The summed E-state index contributed by atoms with van der Waals surface area (Å²) in [6.45, 7) is 0.295. The molecule has 4 N–H and O–H groups in total. The van der Waals surface area contributed by atoms with Crippen molar-refractivity contribution in [1.29, 1.82) is 0 Å². The molecule has 2 aromatic carbocycles. The van der Waals surface area contributed by atoms with Gasteiger partial charge in [-0.05, 0) is 35.4 Å². The molecule has 0 aliphatic heterocycles. The third-order valence-electron chi connectivity index (χ3n) is 5.80. The van der Waals surface area contributed by atoms with Gasteiger partial charge in [0.25, 0.3) is 11.8 Å². The topological polar surface area (TPSA) is 167 Å². The Morgan fingerprint density at radius 1 is 0.973 bits per heavy atom. The number of nitrogens with one attached hydrogen (secondary N) is 2. The zero-order valence-corrected chi connectivity index (χ0v) is 19.6. The van der Waals surface area contributed by atoms with E-state index >= 15 is 0 Å². The summed E-state index contributed by atoms with van der Waals surface area (Å²) >= 11 is 0. The van der Waals surface area contributed by atoms with Gasteiger partial charge in [-0.3, -0.25) is 19.0 Å². The first-order chi connectivity index (χ1) is 17.8. The van der Waals surface area contributed by atoms with E-state index in [0.717, 1.165) is 5.56 Å². The summed E-state index contributed by atoms with van der Waals surface area (Å²) < 4.78 is 7.84. The Morgan fingerprint density at radius 2 is 1.73 bits per heavy atom. The Kier molecular flexibility index (Phi) is 5.97. The summed E-state index contributed by atoms with van der Waals surface area (Å²) in [6, 6.07) is 14.7. The number of hydrogen-bond donors (Lipinski definition) is 3. The lowest BCUT2D eigenvalue weighted by Gasteiger charge is -2.10. The van der Waals surface area contributed by atoms with Crippen LogP contribution in [-0.4, -0.2) is 36.9 Å². The summed E-state index contributed by atoms with van der Waals surface area (Å²) in [5.41, 5.74) is 8.61. The maximum atomic E-state index is 13.0. The van der Waals surface area contributed by atoms with E-state index in [4.69, 9.17) is 10.2 Å². The molecule has 5 aromatic rings. The van der Waals surface area contributed by atoms with Gasteiger partial charge in [-0.25, -0.2) is 14.3 Å². The zero-order valence-electron chi connectivity index (χ0n) is 19.6. The number of nitrogens with two attached hydrogens (primary N) is 1. The number of aryl methyl sites for hydroxylation is 1. The highest BCUT2D eigenvalue weighted by atomic mass is 16.4. The van der Waals surface area contributed by atoms with Crippen LogP contribution in [0.4, 0.5) is 0 Å². The Bertz CT molecular complexity index is 1750. The van der Waals surface area contributed by atoms with Gasteiger partial charge in [0, 0.05) is 37.8 Å². The third kappa shape index (κ3) is 4.67. The SMILES string of the molecule is Cn1c(=O)oc2ccc(CNC(=O)c3cc(C(=O)NCc4cccc(C(N)=O)c4)n4nccc4n3)cc21. The van der Waals surface area contributed by atoms with Crippen molar-refractivity contribution in [2.24, 2.45) is 12.8 Å². The fourth-order valence-electron chi connectivity index (χ4n) is 3.85. The number of primary amides is 1. The highest BCUT2D eigenvalue weighted by Gasteiger charge is 2.18. The van der Waals surface area contributed by atoms with Gasteiger partial charge in [0.05, 0.1) is 11.7 Å². The lowest BCUT2D eigenvalue weighted by Crippen LogP contribution is -2.28. The van der Waals surface area contributed by atoms with E-state index in [2.05, 4.69) is 20.7 Å². The second-order valence-corrected chi connectivity index (χ2v) is 8.29. The average molecular weight is 499 g/mol. The number of amides is 3. The van der Waals surface area contributed by atoms with Gasteiger partial charge in [-0.1, -0.05) is 18.2 Å². The number of fused-ring (bicyclic) bond motifs is 2. The van der Waals surface area contributed by atoms with E-state index in [0.29, 0.717) is 27.9 Å². The fourth-order valence-corrected chi connectivity index (χ4v) is 3.85. The monoisotopic (exact) mass is 499 g/mol. The Hall–Kier alpha value is -5.26. The smallest absolute Gasteiger partial charge is 0.408 e. The zero-order chi connectivity index (χ0) is 26.1. The van der Waals surface area contributed by atoms with Crippen LogP contribution in [0.25, 0.3) is 16.7 Å². The van der Waals surface area contributed by atoms with Crippen LogP contribution < -0.4 is 22.1 Å². The quantitative estimate of drug-likeness (QED) is 0.302. The van der Waals surface area contributed by atoms with Gasteiger partial charge in [0.2, 0.25) is 5.91 Å². The first-order valence-corrected chi connectivity index (χ1v) is 11.2. The van der Waals surface area contributed by atoms with E-state index in [1.165, 1.54) is 21.3 Å². The number of rotatable bonds is 7. The van der Waals surface area contributed by atoms with Gasteiger partial charge in [0.15, 0.2) is 11.2 Å². The number of nitrogens with zero attached hydrogens (tertiary/aromatic N) is 4. The van der Waals surface area contributed by atoms with Gasteiger partial charge >= 0.3 is 5.76 Å². The van der Waals surface area contributed by atoms with E-state index in [1.54, 1.807) is 55.6 Å². The fraction of sp³-hybridized carbons (Fsp3) is 0.120. The van der Waals surface area contributed by atoms with Crippen molar-refractivity contribution in [3.05, 3.63) is 99.4 Å². The van der Waals surface area contributed by atoms with Gasteiger partial charge < -0.3 is 20.8 Å². The summed E-state index contributed by atoms with van der Waals surface area (Å²) in [5.74, 6) is -2.01. The van der Waals surface area contributed by atoms with Crippen molar-refractivity contribution in [3.8, 4) is 0 Å². The minimum atomic E-state index is -0.565. The number of hydrogen-bond acceptors (Lipinski definition) is 7. The van der Waals surface area contributed by atoms with Gasteiger partial charge in [-0.2, -0.15) is 5.10 Å². The molecular weight excluding hydrogens is 478 g/mol. The van der Waals surface area contributed by atoms with E-state index in [9.17, 15) is 19.2 Å². The Balaban J connectivity index is 1.33. The number of carbonyl (C=O) groups excluding carboxylic acids is 3. The van der Waals surface area contributed by atoms with Gasteiger partial charge in [-0.15, -0.1) is 0 Å². The maximum absolute atomic E-state index is 13.0. The second-order valence-electron chi connectivity index (χ2n) is 8.29. The standard InChI is InChI=1S/C25H21N7O5/c1-31-18-10-15(5-6-20(18)37-25(31)36)13-27-23(34)17-11-19(32-21(30-17)7-8-29-32)24(35)28-12-14-3-2-4-16(9-14)22(26)33/h2-11H,12-13H2,1H3,(H2,26,33)(H,27,34)(H,28,35). The first kappa shape index (κ1) is 23.5.